The summed E-state index contributed by atoms with van der Waals surface area (Å²) < 4.78 is 10.5. The number of ether oxygens (including phenoxy) is 1. The van der Waals surface area contributed by atoms with Gasteiger partial charge in [0.25, 0.3) is 0 Å². The minimum Gasteiger partial charge on any atom is -0.465 e. The van der Waals surface area contributed by atoms with Crippen molar-refractivity contribution in [1.29, 1.82) is 0 Å². The number of esters is 1. The van der Waals surface area contributed by atoms with E-state index in [1.165, 1.54) is 11.3 Å². The summed E-state index contributed by atoms with van der Waals surface area (Å²) in [5.74, 6) is 0.499. The second kappa shape index (κ2) is 5.17. The van der Waals surface area contributed by atoms with Gasteiger partial charge in [0.05, 0.1) is 18.6 Å². The molecule has 4 nitrogen and oxygen atoms in total. The zero-order valence-corrected chi connectivity index (χ0v) is 12.3. The third kappa shape index (κ3) is 2.56. The van der Waals surface area contributed by atoms with Crippen LogP contribution >= 0.6 is 11.3 Å². The number of carbonyl (C=O) groups is 1. The van der Waals surface area contributed by atoms with Crippen LogP contribution in [0.25, 0.3) is 10.8 Å². The van der Waals surface area contributed by atoms with Gasteiger partial charge in [-0.15, -0.1) is 11.3 Å². The first-order valence-electron chi connectivity index (χ1n) is 6.14. The number of aryl methyl sites for hydroxylation is 1. The number of rotatable bonds is 4. The van der Waals surface area contributed by atoms with Crippen LogP contribution in [0.4, 0.5) is 0 Å². The quantitative estimate of drug-likeness (QED) is 0.803. The lowest BCUT2D eigenvalue weighted by Gasteiger charge is -2.19. The fraction of sp³-hybridized carbons (Fsp3) is 0.429. The molecule has 0 saturated carbocycles. The van der Waals surface area contributed by atoms with Crippen LogP contribution in [-0.4, -0.2) is 17.6 Å². The van der Waals surface area contributed by atoms with E-state index in [-0.39, 0.29) is 5.97 Å². The van der Waals surface area contributed by atoms with E-state index >= 15 is 0 Å². The van der Waals surface area contributed by atoms with Gasteiger partial charge in [-0.25, -0.2) is 4.98 Å². The summed E-state index contributed by atoms with van der Waals surface area (Å²) >= 11 is 1.47. The van der Waals surface area contributed by atoms with Crippen LogP contribution in [-0.2, 0) is 14.9 Å². The van der Waals surface area contributed by atoms with Crippen LogP contribution in [0.15, 0.2) is 22.1 Å². The summed E-state index contributed by atoms with van der Waals surface area (Å²) in [6.45, 7) is 7.78. The smallest absolute Gasteiger partial charge is 0.317 e. The highest BCUT2D eigenvalue weighted by Crippen LogP contribution is 2.32. The standard InChI is InChI=1S/C14H17NO3S/c1-5-17-13(16)14(3,4)10-8-19-12(15-10)11-9(2)6-7-18-11/h6-8H,5H2,1-4H3. The molecule has 0 amide bonds. The van der Waals surface area contributed by atoms with E-state index in [0.29, 0.717) is 12.3 Å². The monoisotopic (exact) mass is 279 g/mol. The summed E-state index contributed by atoms with van der Waals surface area (Å²) in [7, 11) is 0. The van der Waals surface area contributed by atoms with Crippen molar-refractivity contribution in [2.45, 2.75) is 33.1 Å². The van der Waals surface area contributed by atoms with Gasteiger partial charge in [0.15, 0.2) is 10.8 Å². The largest absolute Gasteiger partial charge is 0.465 e. The van der Waals surface area contributed by atoms with Crippen molar-refractivity contribution in [3.63, 3.8) is 0 Å². The first kappa shape index (κ1) is 13.8. The van der Waals surface area contributed by atoms with Gasteiger partial charge in [-0.05, 0) is 39.3 Å². The molecule has 0 aliphatic heterocycles. The molecule has 0 aliphatic rings. The Morgan fingerprint density at radius 2 is 2.26 bits per heavy atom. The Morgan fingerprint density at radius 3 is 2.84 bits per heavy atom. The predicted molar refractivity (Wildman–Crippen MR) is 74.2 cm³/mol. The number of carbonyl (C=O) groups excluding carboxylic acids is 1. The van der Waals surface area contributed by atoms with Gasteiger partial charge in [-0.3, -0.25) is 4.79 Å². The lowest BCUT2D eigenvalue weighted by atomic mass is 9.90. The highest BCUT2D eigenvalue weighted by atomic mass is 32.1. The normalized spacial score (nSPS) is 11.6. The molecule has 0 aromatic carbocycles. The molecule has 2 aromatic rings. The Morgan fingerprint density at radius 1 is 1.53 bits per heavy atom. The van der Waals surface area contributed by atoms with Crippen molar-refractivity contribution in [1.82, 2.24) is 4.98 Å². The van der Waals surface area contributed by atoms with E-state index in [9.17, 15) is 4.79 Å². The second-order valence-electron chi connectivity index (χ2n) is 4.82. The summed E-state index contributed by atoms with van der Waals surface area (Å²) in [5.41, 5.74) is 1.00. The Bertz CT molecular complexity index is 583. The summed E-state index contributed by atoms with van der Waals surface area (Å²) in [6.07, 6.45) is 1.64. The summed E-state index contributed by atoms with van der Waals surface area (Å²) in [5, 5.41) is 2.67. The lowest BCUT2D eigenvalue weighted by Crippen LogP contribution is -2.31. The molecule has 0 fully saturated rings. The predicted octanol–water partition coefficient (Wildman–Crippen LogP) is 3.55. The second-order valence-corrected chi connectivity index (χ2v) is 5.67. The molecule has 0 bridgehead atoms. The Balaban J connectivity index is 2.31. The van der Waals surface area contributed by atoms with Gasteiger partial charge in [-0.2, -0.15) is 0 Å². The van der Waals surface area contributed by atoms with Gasteiger partial charge in [0.2, 0.25) is 0 Å². The maximum atomic E-state index is 11.9. The number of thiazole rings is 1. The maximum Gasteiger partial charge on any atom is 0.317 e. The molecule has 2 aromatic heterocycles. The third-order valence-corrected chi connectivity index (χ3v) is 3.83. The maximum absolute atomic E-state index is 11.9. The first-order valence-corrected chi connectivity index (χ1v) is 7.02. The number of nitrogens with zero attached hydrogens (tertiary/aromatic N) is 1. The van der Waals surface area contributed by atoms with Crippen molar-refractivity contribution in [2.24, 2.45) is 0 Å². The highest BCUT2D eigenvalue weighted by Gasteiger charge is 2.34. The molecule has 0 atom stereocenters. The number of aromatic nitrogens is 1. The Kier molecular flexibility index (Phi) is 3.75. The Hall–Kier alpha value is -1.62. The molecular weight excluding hydrogens is 262 g/mol. The van der Waals surface area contributed by atoms with Crippen molar-refractivity contribution in [2.75, 3.05) is 6.61 Å². The minimum atomic E-state index is -0.745. The van der Waals surface area contributed by atoms with Crippen LogP contribution < -0.4 is 0 Å². The molecule has 0 radical (unpaired) electrons. The van der Waals surface area contributed by atoms with Crippen molar-refractivity contribution < 1.29 is 13.9 Å². The van der Waals surface area contributed by atoms with Crippen molar-refractivity contribution >= 4 is 17.3 Å². The van der Waals surface area contributed by atoms with Gasteiger partial charge in [-0.1, -0.05) is 0 Å². The van der Waals surface area contributed by atoms with Gasteiger partial charge in [0, 0.05) is 5.38 Å². The van der Waals surface area contributed by atoms with Crippen molar-refractivity contribution in [3.8, 4) is 10.8 Å². The molecule has 19 heavy (non-hydrogen) atoms. The lowest BCUT2D eigenvalue weighted by molar-refractivity contribution is -0.148. The van der Waals surface area contributed by atoms with Gasteiger partial charge >= 0.3 is 5.97 Å². The van der Waals surface area contributed by atoms with E-state index in [2.05, 4.69) is 4.98 Å². The van der Waals surface area contributed by atoms with Gasteiger partial charge < -0.3 is 9.15 Å². The Labute approximate surface area is 116 Å². The number of furan rings is 1. The zero-order valence-electron chi connectivity index (χ0n) is 11.5. The zero-order chi connectivity index (χ0) is 14.0. The van der Waals surface area contributed by atoms with E-state index in [4.69, 9.17) is 9.15 Å². The van der Waals surface area contributed by atoms with Crippen molar-refractivity contribution in [3.05, 3.63) is 29.0 Å². The van der Waals surface area contributed by atoms with E-state index in [1.54, 1.807) is 13.2 Å². The van der Waals surface area contributed by atoms with Crippen LogP contribution in [0, 0.1) is 6.92 Å². The average Bonchev–Trinajstić information content (AvgIpc) is 2.97. The molecule has 0 aliphatic carbocycles. The third-order valence-electron chi connectivity index (χ3n) is 2.99. The molecular formula is C14H17NO3S. The molecule has 0 spiro atoms. The molecule has 0 saturated heterocycles. The van der Waals surface area contributed by atoms with E-state index in [0.717, 1.165) is 16.3 Å². The topological polar surface area (TPSA) is 52.3 Å². The van der Waals surface area contributed by atoms with Gasteiger partial charge in [0.1, 0.15) is 5.41 Å². The number of hydrogen-bond donors (Lipinski definition) is 0. The van der Waals surface area contributed by atoms with E-state index in [1.807, 2.05) is 32.2 Å². The molecule has 5 heteroatoms. The molecule has 2 rings (SSSR count). The van der Waals surface area contributed by atoms with Crippen LogP contribution in [0.5, 0.6) is 0 Å². The molecule has 0 N–H and O–H groups in total. The minimum absolute atomic E-state index is 0.261. The number of hydrogen-bond acceptors (Lipinski definition) is 5. The molecule has 2 heterocycles. The van der Waals surface area contributed by atoms with Crippen LogP contribution in [0.3, 0.4) is 0 Å². The fourth-order valence-corrected chi connectivity index (χ4v) is 2.71. The SMILES string of the molecule is CCOC(=O)C(C)(C)c1csc(-c2occc2C)n1. The van der Waals surface area contributed by atoms with Crippen LogP contribution in [0.2, 0.25) is 0 Å². The average molecular weight is 279 g/mol. The van der Waals surface area contributed by atoms with Crippen LogP contribution in [0.1, 0.15) is 32.0 Å². The highest BCUT2D eigenvalue weighted by molar-refractivity contribution is 7.13. The molecule has 0 unspecified atom stereocenters. The molecule has 102 valence electrons. The fourth-order valence-electron chi connectivity index (χ4n) is 1.67. The summed E-state index contributed by atoms with van der Waals surface area (Å²) in [6, 6.07) is 1.90. The first-order chi connectivity index (χ1) is 8.96. The summed E-state index contributed by atoms with van der Waals surface area (Å²) in [4.78, 5) is 16.5. The van der Waals surface area contributed by atoms with E-state index < -0.39 is 5.41 Å².